The van der Waals surface area contributed by atoms with Gasteiger partial charge in [-0.05, 0) is 67.2 Å². The first-order chi connectivity index (χ1) is 12.9. The Bertz CT molecular complexity index is 740. The van der Waals surface area contributed by atoms with Gasteiger partial charge < -0.3 is 15.0 Å². The van der Waals surface area contributed by atoms with Gasteiger partial charge in [0.1, 0.15) is 17.5 Å². The van der Waals surface area contributed by atoms with Gasteiger partial charge in [-0.2, -0.15) is 5.26 Å². The summed E-state index contributed by atoms with van der Waals surface area (Å²) in [4.78, 5) is 22.9. The van der Waals surface area contributed by atoms with Crippen LogP contribution in [0.15, 0.2) is 6.20 Å². The lowest BCUT2D eigenvalue weighted by Gasteiger charge is -2.44. The van der Waals surface area contributed by atoms with Gasteiger partial charge in [0.2, 0.25) is 0 Å². The number of halogens is 1. The van der Waals surface area contributed by atoms with Gasteiger partial charge >= 0.3 is 6.09 Å². The molecule has 0 spiro atoms. The molecule has 28 heavy (non-hydrogen) atoms. The first kappa shape index (κ1) is 22.2. The van der Waals surface area contributed by atoms with Gasteiger partial charge in [0.25, 0.3) is 0 Å². The molecule has 1 saturated carbocycles. The van der Waals surface area contributed by atoms with Crippen LogP contribution >= 0.6 is 11.6 Å². The van der Waals surface area contributed by atoms with Crippen LogP contribution in [0.3, 0.4) is 0 Å². The second-order valence-electron chi connectivity index (χ2n) is 9.18. The van der Waals surface area contributed by atoms with Crippen LogP contribution in [0.4, 0.5) is 10.6 Å². The maximum atomic E-state index is 12.8. The van der Waals surface area contributed by atoms with E-state index >= 15 is 0 Å². The summed E-state index contributed by atoms with van der Waals surface area (Å²) in [6.45, 7) is 11.8. The lowest BCUT2D eigenvalue weighted by atomic mass is 9.88. The molecule has 1 fully saturated rings. The van der Waals surface area contributed by atoms with Crippen molar-refractivity contribution in [1.29, 1.82) is 5.26 Å². The van der Waals surface area contributed by atoms with Gasteiger partial charge in [0, 0.05) is 17.6 Å². The van der Waals surface area contributed by atoms with Crippen LogP contribution in [-0.4, -0.2) is 44.2 Å². The molecule has 1 aromatic heterocycles. The predicted octanol–water partition coefficient (Wildman–Crippen LogP) is 4.76. The maximum Gasteiger partial charge on any atom is 0.410 e. The third-order valence-electron chi connectivity index (χ3n) is 4.56. The molecule has 0 bridgehead atoms. The van der Waals surface area contributed by atoms with E-state index < -0.39 is 5.60 Å². The first-order valence-electron chi connectivity index (χ1n) is 9.62. The number of carbonyl (C=O) groups excluding carboxylic acids is 1. The highest BCUT2D eigenvalue weighted by Gasteiger charge is 2.38. The quantitative estimate of drug-likeness (QED) is 0.776. The fourth-order valence-corrected chi connectivity index (χ4v) is 3.66. The number of nitriles is 1. The average Bonchev–Trinajstić information content (AvgIpc) is 2.54. The Balaban J connectivity index is 2.01. The van der Waals surface area contributed by atoms with Crippen LogP contribution in [0.5, 0.6) is 0 Å². The number of aromatic nitrogens is 2. The van der Waals surface area contributed by atoms with Crippen molar-refractivity contribution >= 4 is 23.5 Å². The molecule has 1 aliphatic rings. The SMILES string of the molecule is CC(C)(C)OC(=O)N(C1CCC(Nc2cnc(C#N)c(Cl)n2)CC1)C(C)(C)C. The summed E-state index contributed by atoms with van der Waals surface area (Å²) in [6, 6.07) is 2.25. The van der Waals surface area contributed by atoms with E-state index in [-0.39, 0.29) is 34.6 Å². The molecule has 0 atom stereocenters. The number of hydrogen-bond acceptors (Lipinski definition) is 6. The largest absolute Gasteiger partial charge is 0.444 e. The molecule has 8 heteroatoms. The van der Waals surface area contributed by atoms with Crippen LogP contribution in [0.1, 0.15) is 72.9 Å². The minimum Gasteiger partial charge on any atom is -0.444 e. The van der Waals surface area contributed by atoms with Crippen LogP contribution in [0.25, 0.3) is 0 Å². The molecule has 154 valence electrons. The lowest BCUT2D eigenvalue weighted by Crippen LogP contribution is -2.54. The van der Waals surface area contributed by atoms with Crippen LogP contribution in [-0.2, 0) is 4.74 Å². The molecule has 2 rings (SSSR count). The molecule has 0 unspecified atom stereocenters. The Labute approximate surface area is 172 Å². The second-order valence-corrected chi connectivity index (χ2v) is 9.54. The van der Waals surface area contributed by atoms with Crippen LogP contribution < -0.4 is 5.32 Å². The fourth-order valence-electron chi connectivity index (χ4n) is 3.48. The molecule has 1 heterocycles. The van der Waals surface area contributed by atoms with Crippen molar-refractivity contribution in [2.24, 2.45) is 0 Å². The zero-order valence-corrected chi connectivity index (χ0v) is 18.3. The number of nitrogens with one attached hydrogen (secondary N) is 1. The second kappa shape index (κ2) is 8.52. The van der Waals surface area contributed by atoms with Crippen molar-refractivity contribution in [1.82, 2.24) is 14.9 Å². The Morgan fingerprint density at radius 1 is 1.25 bits per heavy atom. The molecular weight excluding hydrogens is 378 g/mol. The number of amides is 1. The van der Waals surface area contributed by atoms with E-state index in [1.165, 1.54) is 6.20 Å². The topological polar surface area (TPSA) is 91.1 Å². The summed E-state index contributed by atoms with van der Waals surface area (Å²) < 4.78 is 5.65. The van der Waals surface area contributed by atoms with Crippen molar-refractivity contribution in [3.63, 3.8) is 0 Å². The summed E-state index contributed by atoms with van der Waals surface area (Å²) >= 11 is 5.96. The highest BCUT2D eigenvalue weighted by atomic mass is 35.5. The van der Waals surface area contributed by atoms with E-state index in [1.54, 1.807) is 0 Å². The van der Waals surface area contributed by atoms with Gasteiger partial charge in [0.15, 0.2) is 10.8 Å². The predicted molar refractivity (Wildman–Crippen MR) is 109 cm³/mol. The van der Waals surface area contributed by atoms with Gasteiger partial charge in [-0.15, -0.1) is 0 Å². The molecule has 0 saturated heterocycles. The number of ether oxygens (including phenoxy) is 1. The Kier molecular flexibility index (Phi) is 6.76. The zero-order valence-electron chi connectivity index (χ0n) is 17.5. The number of nitrogens with zero attached hydrogens (tertiary/aromatic N) is 4. The highest BCUT2D eigenvalue weighted by molar-refractivity contribution is 6.30. The Morgan fingerprint density at radius 3 is 2.32 bits per heavy atom. The van der Waals surface area contributed by atoms with Crippen molar-refractivity contribution in [2.75, 3.05) is 5.32 Å². The number of hydrogen-bond donors (Lipinski definition) is 1. The summed E-state index contributed by atoms with van der Waals surface area (Å²) in [5.74, 6) is 0.562. The standard InChI is InChI=1S/C20H30ClN5O2/c1-19(2,3)26(18(27)28-20(4,5)6)14-9-7-13(8-10-14)24-16-12-23-15(11-22)17(21)25-16/h12-14H,7-10H2,1-6H3,(H,24,25). The maximum absolute atomic E-state index is 12.8. The molecular formula is C20H30ClN5O2. The molecule has 0 aromatic carbocycles. The van der Waals surface area contributed by atoms with Crippen molar-refractivity contribution < 1.29 is 9.53 Å². The van der Waals surface area contributed by atoms with E-state index in [0.29, 0.717) is 5.82 Å². The molecule has 1 N–H and O–H groups in total. The summed E-state index contributed by atoms with van der Waals surface area (Å²) in [5.41, 5.74) is -0.721. The third kappa shape index (κ3) is 5.96. The number of carbonyl (C=O) groups is 1. The Morgan fingerprint density at radius 2 is 1.86 bits per heavy atom. The smallest absolute Gasteiger partial charge is 0.410 e. The number of rotatable bonds is 3. The third-order valence-corrected chi connectivity index (χ3v) is 4.83. The average molecular weight is 408 g/mol. The molecule has 1 amide bonds. The molecule has 0 radical (unpaired) electrons. The van der Waals surface area contributed by atoms with Gasteiger partial charge in [-0.25, -0.2) is 14.8 Å². The van der Waals surface area contributed by atoms with Crippen molar-refractivity contribution in [3.8, 4) is 6.07 Å². The minimum atomic E-state index is -0.521. The monoisotopic (exact) mass is 407 g/mol. The van der Waals surface area contributed by atoms with Crippen LogP contribution in [0, 0.1) is 11.3 Å². The minimum absolute atomic E-state index is 0.102. The van der Waals surface area contributed by atoms with Crippen molar-refractivity contribution in [2.45, 2.75) is 90.4 Å². The van der Waals surface area contributed by atoms with Gasteiger partial charge in [0.05, 0.1) is 6.20 Å². The molecule has 1 aliphatic carbocycles. The zero-order chi connectivity index (χ0) is 21.1. The summed E-state index contributed by atoms with van der Waals surface area (Å²) in [6.07, 6.45) is 4.77. The van der Waals surface area contributed by atoms with E-state index in [4.69, 9.17) is 21.6 Å². The normalized spacial score (nSPS) is 20.2. The van der Waals surface area contributed by atoms with Gasteiger partial charge in [-0.3, -0.25) is 0 Å². The van der Waals surface area contributed by atoms with E-state index in [0.717, 1.165) is 25.7 Å². The summed E-state index contributed by atoms with van der Waals surface area (Å²) in [5, 5.41) is 12.3. The van der Waals surface area contributed by atoms with Crippen LogP contribution in [0.2, 0.25) is 5.15 Å². The van der Waals surface area contributed by atoms with E-state index in [9.17, 15) is 4.79 Å². The number of anilines is 1. The lowest BCUT2D eigenvalue weighted by molar-refractivity contribution is -0.0132. The summed E-state index contributed by atoms with van der Waals surface area (Å²) in [7, 11) is 0. The first-order valence-corrected chi connectivity index (χ1v) is 10.00. The molecule has 7 nitrogen and oxygen atoms in total. The van der Waals surface area contributed by atoms with Crippen molar-refractivity contribution in [3.05, 3.63) is 17.0 Å². The molecule has 0 aliphatic heterocycles. The molecule has 1 aromatic rings. The highest BCUT2D eigenvalue weighted by Crippen LogP contribution is 2.31. The fraction of sp³-hybridized carbons (Fsp3) is 0.700. The van der Waals surface area contributed by atoms with E-state index in [1.807, 2.05) is 52.5 Å². The van der Waals surface area contributed by atoms with E-state index in [2.05, 4.69) is 15.3 Å². The Hall–Kier alpha value is -2.07. The van der Waals surface area contributed by atoms with Gasteiger partial charge in [-0.1, -0.05) is 11.6 Å².